The molecule has 0 aliphatic carbocycles. The third-order valence-electron chi connectivity index (χ3n) is 7.83. The maximum Gasteiger partial charge on any atom is -0.00199 e. The van der Waals surface area contributed by atoms with Gasteiger partial charge in [-0.2, -0.15) is 0 Å². The van der Waals surface area contributed by atoms with Crippen molar-refractivity contribution in [1.29, 1.82) is 0 Å². The zero-order chi connectivity index (χ0) is 22.6. The summed E-state index contributed by atoms with van der Waals surface area (Å²) in [5, 5.41) is 19.2. The van der Waals surface area contributed by atoms with Gasteiger partial charge in [-0.25, -0.2) is 0 Å². The Morgan fingerprint density at radius 2 is 1.03 bits per heavy atom. The van der Waals surface area contributed by atoms with E-state index < -0.39 is 0 Å². The van der Waals surface area contributed by atoms with Crippen LogP contribution in [-0.2, 0) is 0 Å². The van der Waals surface area contributed by atoms with Crippen LogP contribution in [0.5, 0.6) is 0 Å². The minimum Gasteiger partial charge on any atom is -0.0984 e. The first-order chi connectivity index (χ1) is 16.7. The average molecular weight is 429 g/mol. The largest absolute Gasteiger partial charge is 0.0984 e. The van der Waals surface area contributed by atoms with Crippen LogP contribution in [0.25, 0.3) is 88.1 Å². The quantitative estimate of drug-likeness (QED) is 0.229. The van der Waals surface area contributed by atoms with Crippen LogP contribution in [0.3, 0.4) is 0 Å². The van der Waals surface area contributed by atoms with E-state index in [0.717, 1.165) is 5.22 Å². The summed E-state index contributed by atoms with van der Waals surface area (Å²) in [5.41, 5.74) is 1.18. The molecule has 0 aliphatic heterocycles. The van der Waals surface area contributed by atoms with Crippen LogP contribution in [0.2, 0.25) is 0 Å². The molecule has 0 nitrogen and oxygen atoms in total. The lowest BCUT2D eigenvalue weighted by molar-refractivity contribution is 1.78. The van der Waals surface area contributed by atoms with E-state index in [4.69, 9.17) is 0 Å². The second-order valence-electron chi connectivity index (χ2n) is 9.43. The molecule has 0 aromatic heterocycles. The van der Waals surface area contributed by atoms with Crippen molar-refractivity contribution in [2.24, 2.45) is 0 Å². The molecule has 8 aromatic rings. The average Bonchev–Trinajstić information content (AvgIpc) is 3.35. The van der Waals surface area contributed by atoms with Gasteiger partial charge in [0.2, 0.25) is 0 Å². The van der Waals surface area contributed by atoms with E-state index in [0.29, 0.717) is 0 Å². The minimum absolute atomic E-state index is 1.10. The van der Waals surface area contributed by atoms with Crippen LogP contribution in [-0.4, -0.2) is 0 Å². The summed E-state index contributed by atoms with van der Waals surface area (Å²) in [4.78, 5) is 0. The van der Waals surface area contributed by atoms with Crippen LogP contribution in [0.1, 0.15) is 5.56 Å². The highest BCUT2D eigenvalue weighted by molar-refractivity contribution is 6.35. The van der Waals surface area contributed by atoms with E-state index in [1.807, 2.05) is 6.08 Å². The maximum absolute atomic E-state index is 4.56. The predicted octanol–water partition coefficient (Wildman–Crippen LogP) is 8.97. The van der Waals surface area contributed by atoms with Gasteiger partial charge in [-0.3, -0.25) is 0 Å². The molecular formula is C34H20. The van der Waals surface area contributed by atoms with Gasteiger partial charge >= 0.3 is 0 Å². The summed E-state index contributed by atoms with van der Waals surface area (Å²) in [6.07, 6.45) is 1.99. The normalized spacial score (nSPS) is 12.4. The summed E-state index contributed by atoms with van der Waals surface area (Å²) in [6.45, 7) is 8.72. The van der Waals surface area contributed by atoms with Gasteiger partial charge in [0.1, 0.15) is 0 Å². The van der Waals surface area contributed by atoms with Crippen LogP contribution >= 0.6 is 0 Å². The van der Waals surface area contributed by atoms with Crippen LogP contribution in [0.15, 0.2) is 97.6 Å². The van der Waals surface area contributed by atoms with E-state index in [9.17, 15) is 0 Å². The number of benzene rings is 6. The second-order valence-corrected chi connectivity index (χ2v) is 9.43. The van der Waals surface area contributed by atoms with Gasteiger partial charge in [-0.1, -0.05) is 86.0 Å². The molecule has 0 unspecified atom stereocenters. The fraction of sp³-hybridized carbons (Fsp3) is 0. The molecule has 0 N–H and O–H groups in total. The molecular weight excluding hydrogens is 408 g/mol. The standard InChI is InChI=1S/C34H20/c1-3-22-23-10-5-4-9-20(23)15-32-30-18-29-21(16-28(30)19(2)33(22)32)17-31-25-12-7-6-11-24(25)26-13-8-14-27(29)34(26)31/h3-18H,1-2H2. The van der Waals surface area contributed by atoms with Crippen molar-refractivity contribution in [3.63, 3.8) is 0 Å². The topological polar surface area (TPSA) is 0 Å². The van der Waals surface area contributed by atoms with E-state index >= 15 is 0 Å². The zero-order valence-corrected chi connectivity index (χ0v) is 18.7. The minimum atomic E-state index is 1.10. The Balaban J connectivity index is 1.64. The molecule has 8 aromatic carbocycles. The molecule has 0 radical (unpaired) electrons. The van der Waals surface area contributed by atoms with Crippen LogP contribution < -0.4 is 5.22 Å². The van der Waals surface area contributed by atoms with Crippen molar-refractivity contribution in [3.8, 4) is 0 Å². The summed E-state index contributed by atoms with van der Waals surface area (Å²) in [6, 6.07) is 33.6. The lowest BCUT2D eigenvalue weighted by atomic mass is 9.96. The zero-order valence-electron chi connectivity index (χ0n) is 18.7. The van der Waals surface area contributed by atoms with Gasteiger partial charge < -0.3 is 0 Å². The Labute approximate surface area is 196 Å². The van der Waals surface area contributed by atoms with Crippen molar-refractivity contribution in [2.45, 2.75) is 0 Å². The second kappa shape index (κ2) is 6.12. The highest BCUT2D eigenvalue weighted by atomic mass is 14.2. The van der Waals surface area contributed by atoms with Crippen LogP contribution in [0, 0.1) is 0 Å². The van der Waals surface area contributed by atoms with E-state index in [-0.39, 0.29) is 0 Å². The Bertz CT molecular complexity index is 2190. The Hall–Kier alpha value is -4.42. The summed E-state index contributed by atoms with van der Waals surface area (Å²) >= 11 is 0. The maximum atomic E-state index is 4.56. The van der Waals surface area contributed by atoms with E-state index in [1.165, 1.54) is 81.0 Å². The lowest BCUT2D eigenvalue weighted by Crippen LogP contribution is -1.96. The van der Waals surface area contributed by atoms with E-state index in [1.54, 1.807) is 0 Å². The van der Waals surface area contributed by atoms with Gasteiger partial charge in [0.25, 0.3) is 0 Å². The van der Waals surface area contributed by atoms with Crippen molar-refractivity contribution in [3.05, 3.63) is 108 Å². The molecule has 0 heteroatoms. The molecule has 0 spiro atoms. The number of fused-ring (bicyclic) bond motifs is 9. The molecule has 0 saturated heterocycles. The molecule has 0 fully saturated rings. The lowest BCUT2D eigenvalue weighted by Gasteiger charge is -2.07. The third-order valence-corrected chi connectivity index (χ3v) is 7.83. The summed E-state index contributed by atoms with van der Waals surface area (Å²) in [7, 11) is 0. The molecule has 0 aliphatic rings. The molecule has 0 amide bonds. The van der Waals surface area contributed by atoms with Gasteiger partial charge in [-0.15, -0.1) is 0 Å². The van der Waals surface area contributed by atoms with Gasteiger partial charge in [-0.05, 0) is 110 Å². The Kier molecular flexibility index (Phi) is 3.25. The van der Waals surface area contributed by atoms with E-state index in [2.05, 4.69) is 104 Å². The monoisotopic (exact) mass is 428 g/mol. The first-order valence-electron chi connectivity index (χ1n) is 11.8. The molecule has 0 bridgehead atoms. The molecule has 156 valence electrons. The molecule has 0 atom stereocenters. The number of hydrogen-bond donors (Lipinski definition) is 0. The summed E-state index contributed by atoms with van der Waals surface area (Å²) in [5.74, 6) is 0. The van der Waals surface area contributed by atoms with Crippen molar-refractivity contribution in [2.75, 3.05) is 0 Å². The van der Waals surface area contributed by atoms with Gasteiger partial charge in [0.15, 0.2) is 0 Å². The van der Waals surface area contributed by atoms with Crippen LogP contribution in [0.4, 0.5) is 0 Å². The smallest absolute Gasteiger partial charge is 0.00199 e. The first kappa shape index (κ1) is 18.1. The molecule has 8 rings (SSSR count). The molecule has 0 heterocycles. The highest BCUT2D eigenvalue weighted by Gasteiger charge is 2.17. The summed E-state index contributed by atoms with van der Waals surface area (Å²) < 4.78 is 0. The Morgan fingerprint density at radius 3 is 1.82 bits per heavy atom. The SMILES string of the molecule is C=Cc1c2ccccc2cc2c1c(=C)c1cc3cc4c5ccccc5c5cccc(c3cc12)c54. The Morgan fingerprint density at radius 1 is 0.441 bits per heavy atom. The van der Waals surface area contributed by atoms with Gasteiger partial charge in [0.05, 0.1) is 0 Å². The number of rotatable bonds is 1. The van der Waals surface area contributed by atoms with Crippen molar-refractivity contribution < 1.29 is 0 Å². The predicted molar refractivity (Wildman–Crippen MR) is 151 cm³/mol. The fourth-order valence-electron chi connectivity index (χ4n) is 6.39. The molecule has 0 saturated carbocycles. The highest BCUT2D eigenvalue weighted by Crippen LogP contribution is 2.43. The van der Waals surface area contributed by atoms with Crippen molar-refractivity contribution >= 4 is 88.1 Å². The fourth-order valence-corrected chi connectivity index (χ4v) is 6.39. The number of hydrogen-bond acceptors (Lipinski definition) is 0. The van der Waals surface area contributed by atoms with Crippen molar-refractivity contribution in [1.82, 2.24) is 0 Å². The molecule has 34 heavy (non-hydrogen) atoms. The third kappa shape index (κ3) is 2.05. The van der Waals surface area contributed by atoms with Gasteiger partial charge in [0, 0.05) is 0 Å². The first-order valence-corrected chi connectivity index (χ1v) is 11.8.